The Bertz CT molecular complexity index is 686. The second-order valence-corrected chi connectivity index (χ2v) is 4.25. The second kappa shape index (κ2) is 6.96. The highest BCUT2D eigenvalue weighted by molar-refractivity contribution is 6.06. The van der Waals surface area contributed by atoms with E-state index in [0.717, 1.165) is 11.6 Å². The van der Waals surface area contributed by atoms with Crippen molar-refractivity contribution in [1.82, 2.24) is 4.98 Å². The molecule has 1 aromatic heterocycles. The van der Waals surface area contributed by atoms with Gasteiger partial charge in [0, 0.05) is 17.8 Å². The van der Waals surface area contributed by atoms with Crippen LogP contribution in [0.25, 0.3) is 12.2 Å². The van der Waals surface area contributed by atoms with Crippen molar-refractivity contribution in [3.8, 4) is 0 Å². The first kappa shape index (κ1) is 14.4. The average molecular weight is 279 g/mol. The van der Waals surface area contributed by atoms with Crippen molar-refractivity contribution in [3.63, 3.8) is 0 Å². The molecule has 104 valence electrons. The van der Waals surface area contributed by atoms with Gasteiger partial charge in [-0.3, -0.25) is 9.78 Å². The van der Waals surface area contributed by atoms with Crippen LogP contribution in [0.2, 0.25) is 0 Å². The number of benzene rings is 1. The molecular formula is C17H13NO3. The minimum absolute atomic E-state index is 0.0783. The first-order valence-corrected chi connectivity index (χ1v) is 6.30. The van der Waals surface area contributed by atoms with Crippen molar-refractivity contribution in [1.29, 1.82) is 0 Å². The molecule has 1 N–H and O–H groups in total. The molecule has 0 bridgehead atoms. The Morgan fingerprint density at radius 2 is 1.71 bits per heavy atom. The van der Waals surface area contributed by atoms with Crippen LogP contribution in [0.4, 0.5) is 0 Å². The van der Waals surface area contributed by atoms with Crippen LogP contribution < -0.4 is 0 Å². The topological polar surface area (TPSA) is 67.3 Å². The van der Waals surface area contributed by atoms with Gasteiger partial charge in [-0.05, 0) is 29.9 Å². The number of carbonyl (C=O) groups is 2. The molecule has 1 heterocycles. The number of carboxylic acid groups (broad SMARTS) is 1. The van der Waals surface area contributed by atoms with Gasteiger partial charge in [0.2, 0.25) is 0 Å². The van der Waals surface area contributed by atoms with Gasteiger partial charge in [-0.2, -0.15) is 0 Å². The van der Waals surface area contributed by atoms with Gasteiger partial charge >= 0.3 is 5.97 Å². The van der Waals surface area contributed by atoms with E-state index >= 15 is 0 Å². The average Bonchev–Trinajstić information content (AvgIpc) is 2.52. The largest absolute Gasteiger partial charge is 0.478 e. The van der Waals surface area contributed by atoms with Crippen LogP contribution in [0, 0.1) is 0 Å². The molecule has 0 aliphatic rings. The Labute approximate surface area is 122 Å². The molecule has 21 heavy (non-hydrogen) atoms. The van der Waals surface area contributed by atoms with Crippen molar-refractivity contribution < 1.29 is 14.7 Å². The summed E-state index contributed by atoms with van der Waals surface area (Å²) in [6, 6.07) is 12.4. The van der Waals surface area contributed by atoms with E-state index in [2.05, 4.69) is 4.98 Å². The monoisotopic (exact) mass is 279 g/mol. The molecule has 4 heteroatoms. The van der Waals surface area contributed by atoms with Gasteiger partial charge in [-0.25, -0.2) is 4.79 Å². The van der Waals surface area contributed by atoms with E-state index in [0.29, 0.717) is 11.3 Å². The quantitative estimate of drug-likeness (QED) is 0.674. The summed E-state index contributed by atoms with van der Waals surface area (Å²) in [5.74, 6) is -1.10. The van der Waals surface area contributed by atoms with Gasteiger partial charge in [-0.15, -0.1) is 0 Å². The van der Waals surface area contributed by atoms with Crippen molar-refractivity contribution in [2.75, 3.05) is 0 Å². The summed E-state index contributed by atoms with van der Waals surface area (Å²) in [6.07, 6.45) is 7.17. The molecular weight excluding hydrogens is 266 g/mol. The Morgan fingerprint density at radius 3 is 2.33 bits per heavy atom. The van der Waals surface area contributed by atoms with Gasteiger partial charge < -0.3 is 5.11 Å². The number of pyridine rings is 1. The predicted octanol–water partition coefficient (Wildman–Crippen LogP) is 3.08. The number of carbonyl (C=O) groups excluding carboxylic acids is 1. The van der Waals surface area contributed by atoms with E-state index in [9.17, 15) is 9.59 Å². The molecule has 0 fully saturated rings. The summed E-state index contributed by atoms with van der Waals surface area (Å²) < 4.78 is 0. The van der Waals surface area contributed by atoms with Crippen LogP contribution in [0.15, 0.2) is 60.8 Å². The fraction of sp³-hybridized carbons (Fsp3) is 0. The summed E-state index contributed by atoms with van der Waals surface area (Å²) in [7, 11) is 0. The molecule has 0 saturated carbocycles. The number of ketones is 1. The first-order valence-electron chi connectivity index (χ1n) is 6.30. The summed E-state index contributed by atoms with van der Waals surface area (Å²) in [5.41, 5.74) is 1.94. The molecule has 0 unspecified atom stereocenters. The van der Waals surface area contributed by atoms with Crippen LogP contribution in [-0.2, 0) is 4.79 Å². The Balaban J connectivity index is 2.05. The third-order valence-electron chi connectivity index (χ3n) is 2.69. The molecule has 0 aliphatic heterocycles. The molecule has 0 amide bonds. The fourth-order valence-electron chi connectivity index (χ4n) is 1.64. The molecule has 4 nitrogen and oxygen atoms in total. The van der Waals surface area contributed by atoms with Crippen LogP contribution in [0.3, 0.4) is 0 Å². The summed E-state index contributed by atoms with van der Waals surface area (Å²) in [5, 5.41) is 8.52. The zero-order valence-corrected chi connectivity index (χ0v) is 11.1. The lowest BCUT2D eigenvalue weighted by Crippen LogP contribution is -1.93. The molecule has 0 aliphatic carbocycles. The maximum atomic E-state index is 11.9. The molecule has 2 aromatic rings. The van der Waals surface area contributed by atoms with E-state index in [-0.39, 0.29) is 5.78 Å². The second-order valence-electron chi connectivity index (χ2n) is 4.25. The summed E-state index contributed by atoms with van der Waals surface area (Å²) >= 11 is 0. The molecule has 0 atom stereocenters. The minimum atomic E-state index is -1.02. The molecule has 0 radical (unpaired) electrons. The van der Waals surface area contributed by atoms with Gasteiger partial charge in [0.25, 0.3) is 0 Å². The van der Waals surface area contributed by atoms with Gasteiger partial charge in [0.15, 0.2) is 5.78 Å². The van der Waals surface area contributed by atoms with Crippen LogP contribution >= 0.6 is 0 Å². The highest BCUT2D eigenvalue weighted by Crippen LogP contribution is 2.06. The normalized spacial score (nSPS) is 11.0. The molecule has 1 aromatic carbocycles. The lowest BCUT2D eigenvalue weighted by molar-refractivity contribution is -0.131. The maximum Gasteiger partial charge on any atom is 0.328 e. The maximum absolute atomic E-state index is 11.9. The van der Waals surface area contributed by atoms with E-state index in [1.165, 1.54) is 12.2 Å². The zero-order chi connectivity index (χ0) is 15.1. The summed E-state index contributed by atoms with van der Waals surface area (Å²) in [6.45, 7) is 0. The third kappa shape index (κ3) is 4.54. The van der Waals surface area contributed by atoms with Crippen LogP contribution in [-0.4, -0.2) is 21.8 Å². The number of hydrogen-bond donors (Lipinski definition) is 1. The Hall–Kier alpha value is -3.01. The zero-order valence-electron chi connectivity index (χ0n) is 11.1. The number of aliphatic carboxylic acids is 1. The number of aromatic nitrogens is 1. The SMILES string of the molecule is O=C(O)/C=C/c1ccc(/C=C/C(=O)c2ccccc2)cn1. The number of nitrogens with zero attached hydrogens (tertiary/aromatic N) is 1. The highest BCUT2D eigenvalue weighted by atomic mass is 16.4. The van der Waals surface area contributed by atoms with E-state index < -0.39 is 5.97 Å². The van der Waals surface area contributed by atoms with E-state index in [4.69, 9.17) is 5.11 Å². The smallest absolute Gasteiger partial charge is 0.328 e. The third-order valence-corrected chi connectivity index (χ3v) is 2.69. The molecule has 0 saturated heterocycles. The number of carboxylic acids is 1. The number of rotatable bonds is 5. The first-order chi connectivity index (χ1) is 10.1. The Kier molecular flexibility index (Phi) is 4.77. The lowest BCUT2D eigenvalue weighted by Gasteiger charge is -1.96. The summed E-state index contributed by atoms with van der Waals surface area (Å²) in [4.78, 5) is 26.4. The predicted molar refractivity (Wildman–Crippen MR) is 80.7 cm³/mol. The van der Waals surface area contributed by atoms with Gasteiger partial charge in [0.1, 0.15) is 0 Å². The lowest BCUT2D eigenvalue weighted by atomic mass is 10.1. The van der Waals surface area contributed by atoms with Crippen molar-refractivity contribution in [2.45, 2.75) is 0 Å². The highest BCUT2D eigenvalue weighted by Gasteiger charge is 1.99. The minimum Gasteiger partial charge on any atom is -0.478 e. The van der Waals surface area contributed by atoms with Gasteiger partial charge in [-0.1, -0.05) is 36.4 Å². The van der Waals surface area contributed by atoms with Crippen molar-refractivity contribution >= 4 is 23.9 Å². The standard InChI is InChI=1S/C17H13NO3/c19-16(14-4-2-1-3-5-14)10-7-13-6-8-15(18-12-13)9-11-17(20)21/h1-12H,(H,20,21)/b10-7+,11-9+. The van der Waals surface area contributed by atoms with E-state index in [1.807, 2.05) is 18.2 Å². The molecule has 0 spiro atoms. The molecule has 2 rings (SSSR count). The Morgan fingerprint density at radius 1 is 0.952 bits per heavy atom. The number of allylic oxidation sites excluding steroid dienone is 1. The van der Waals surface area contributed by atoms with E-state index in [1.54, 1.807) is 36.5 Å². The van der Waals surface area contributed by atoms with Crippen molar-refractivity contribution in [3.05, 3.63) is 77.6 Å². The van der Waals surface area contributed by atoms with Crippen molar-refractivity contribution in [2.24, 2.45) is 0 Å². The number of hydrogen-bond acceptors (Lipinski definition) is 3. The fourth-order valence-corrected chi connectivity index (χ4v) is 1.64. The van der Waals surface area contributed by atoms with Crippen LogP contribution in [0.1, 0.15) is 21.6 Å². The van der Waals surface area contributed by atoms with Crippen LogP contribution in [0.5, 0.6) is 0 Å². The van der Waals surface area contributed by atoms with Gasteiger partial charge in [0.05, 0.1) is 5.69 Å².